The van der Waals surface area contributed by atoms with Gasteiger partial charge in [0.15, 0.2) is 0 Å². The molecule has 0 aliphatic rings. The highest BCUT2D eigenvalue weighted by Gasteiger charge is 2.09. The number of rotatable bonds is 17. The molecule has 0 aromatic rings. The predicted octanol–water partition coefficient (Wildman–Crippen LogP) is 1.40. The van der Waals surface area contributed by atoms with Crippen LogP contribution in [0, 0.1) is 0 Å². The molecule has 0 radical (unpaired) electrons. The van der Waals surface area contributed by atoms with Crippen LogP contribution in [0.15, 0.2) is 36.1 Å². The molecule has 4 N–H and O–H groups in total. The Morgan fingerprint density at radius 3 is 2.42 bits per heavy atom. The van der Waals surface area contributed by atoms with Gasteiger partial charge in [-0.3, -0.25) is 4.79 Å². The standard InChI is InChI=1S/C22H39N3O6/c1-7-18(22(27)25-10-9-24-16(3)4)13-19(8-2)30-14-20(23)29-12-11-28-15-21(26)31-17(5)6/h7-8,13,16-17,20,24H,1,9-12,14-15,23H2,2-6H3,(H,25,27)/b18-13+,19-8+. The minimum absolute atomic E-state index is 0.0793. The third-order valence-corrected chi connectivity index (χ3v) is 3.59. The van der Waals surface area contributed by atoms with E-state index in [1.165, 1.54) is 6.08 Å². The van der Waals surface area contributed by atoms with Crippen LogP contribution in [0.3, 0.4) is 0 Å². The second-order valence-corrected chi connectivity index (χ2v) is 7.17. The van der Waals surface area contributed by atoms with Gasteiger partial charge >= 0.3 is 5.97 Å². The van der Waals surface area contributed by atoms with Gasteiger partial charge in [0.25, 0.3) is 5.91 Å². The lowest BCUT2D eigenvalue weighted by atomic mass is 10.2. The van der Waals surface area contributed by atoms with Crippen molar-refractivity contribution in [3.05, 3.63) is 36.1 Å². The average molecular weight is 442 g/mol. The number of carbonyl (C=O) groups excluding carboxylic acids is 2. The van der Waals surface area contributed by atoms with E-state index in [9.17, 15) is 9.59 Å². The van der Waals surface area contributed by atoms with Crippen molar-refractivity contribution in [2.24, 2.45) is 5.73 Å². The number of ether oxygens (including phenoxy) is 4. The van der Waals surface area contributed by atoms with E-state index >= 15 is 0 Å². The Balaban J connectivity index is 4.27. The lowest BCUT2D eigenvalue weighted by Gasteiger charge is -2.15. The summed E-state index contributed by atoms with van der Waals surface area (Å²) in [4.78, 5) is 23.6. The summed E-state index contributed by atoms with van der Waals surface area (Å²) in [5.41, 5.74) is 6.25. The van der Waals surface area contributed by atoms with Crippen LogP contribution in [-0.4, -0.2) is 69.8 Å². The van der Waals surface area contributed by atoms with Gasteiger partial charge in [0.1, 0.15) is 25.2 Å². The van der Waals surface area contributed by atoms with Crippen molar-refractivity contribution in [1.29, 1.82) is 0 Å². The Hall–Kier alpha value is -2.20. The molecule has 0 saturated carbocycles. The molecule has 9 nitrogen and oxygen atoms in total. The monoisotopic (exact) mass is 441 g/mol. The first-order valence-electron chi connectivity index (χ1n) is 10.5. The first kappa shape index (κ1) is 28.8. The molecule has 0 rings (SSSR count). The fourth-order valence-electron chi connectivity index (χ4n) is 2.16. The van der Waals surface area contributed by atoms with Gasteiger partial charge in [-0.1, -0.05) is 26.5 Å². The van der Waals surface area contributed by atoms with E-state index in [0.29, 0.717) is 30.5 Å². The van der Waals surface area contributed by atoms with Crippen molar-refractivity contribution >= 4 is 11.9 Å². The molecule has 31 heavy (non-hydrogen) atoms. The number of amides is 1. The second-order valence-electron chi connectivity index (χ2n) is 7.17. The molecule has 9 heteroatoms. The molecular weight excluding hydrogens is 402 g/mol. The summed E-state index contributed by atoms with van der Waals surface area (Å²) in [7, 11) is 0. The normalized spacial score (nSPS) is 13.3. The molecule has 0 spiro atoms. The molecule has 0 fully saturated rings. The van der Waals surface area contributed by atoms with Crippen molar-refractivity contribution in [3.8, 4) is 0 Å². The van der Waals surface area contributed by atoms with Gasteiger partial charge < -0.3 is 35.3 Å². The molecule has 0 bridgehead atoms. The van der Waals surface area contributed by atoms with Gasteiger partial charge in [-0.25, -0.2) is 4.79 Å². The molecule has 0 aromatic carbocycles. The third kappa shape index (κ3) is 16.2. The minimum atomic E-state index is -0.697. The van der Waals surface area contributed by atoms with Crippen LogP contribution in [0.25, 0.3) is 0 Å². The zero-order valence-electron chi connectivity index (χ0n) is 19.4. The number of nitrogens with two attached hydrogens (primary N) is 1. The lowest BCUT2D eigenvalue weighted by molar-refractivity contribution is -0.153. The van der Waals surface area contributed by atoms with E-state index in [1.807, 2.05) is 13.8 Å². The summed E-state index contributed by atoms with van der Waals surface area (Å²) in [6.45, 7) is 14.6. The second kappa shape index (κ2) is 17.5. The highest BCUT2D eigenvalue weighted by molar-refractivity contribution is 5.96. The molecule has 0 saturated heterocycles. The number of nitrogens with one attached hydrogen (secondary N) is 2. The van der Waals surface area contributed by atoms with Crippen LogP contribution >= 0.6 is 0 Å². The topological polar surface area (TPSA) is 121 Å². The van der Waals surface area contributed by atoms with Crippen LogP contribution in [0.5, 0.6) is 0 Å². The maximum Gasteiger partial charge on any atom is 0.332 e. The lowest BCUT2D eigenvalue weighted by Crippen LogP contribution is -2.35. The van der Waals surface area contributed by atoms with Gasteiger partial charge in [0.05, 0.1) is 19.3 Å². The fraction of sp³-hybridized carbons (Fsp3) is 0.636. The molecule has 0 heterocycles. The van der Waals surface area contributed by atoms with Gasteiger partial charge in [-0.15, -0.1) is 0 Å². The summed E-state index contributed by atoms with van der Waals surface area (Å²) in [6.07, 6.45) is 3.90. The van der Waals surface area contributed by atoms with Crippen LogP contribution in [0.2, 0.25) is 0 Å². The zero-order valence-corrected chi connectivity index (χ0v) is 19.4. The number of esters is 1. The Bertz CT molecular complexity index is 602. The highest BCUT2D eigenvalue weighted by atomic mass is 16.6. The quantitative estimate of drug-likeness (QED) is 0.0774. The van der Waals surface area contributed by atoms with Crippen LogP contribution in [-0.2, 0) is 28.5 Å². The predicted molar refractivity (Wildman–Crippen MR) is 120 cm³/mol. The molecule has 0 aliphatic heterocycles. The maximum absolute atomic E-state index is 12.3. The van der Waals surface area contributed by atoms with Crippen molar-refractivity contribution in [2.75, 3.05) is 39.5 Å². The summed E-state index contributed by atoms with van der Waals surface area (Å²) in [6, 6.07) is 0.355. The van der Waals surface area contributed by atoms with Crippen molar-refractivity contribution < 1.29 is 28.5 Å². The van der Waals surface area contributed by atoms with Crippen LogP contribution in [0.1, 0.15) is 34.6 Å². The number of hydrogen-bond acceptors (Lipinski definition) is 8. The molecule has 0 aliphatic carbocycles. The molecule has 1 atom stereocenters. The van der Waals surface area contributed by atoms with Crippen LogP contribution in [0.4, 0.5) is 0 Å². The van der Waals surface area contributed by atoms with Gasteiger partial charge in [-0.05, 0) is 32.9 Å². The molecular formula is C22H39N3O6. The maximum atomic E-state index is 12.3. The Morgan fingerprint density at radius 1 is 1.13 bits per heavy atom. The van der Waals surface area contributed by atoms with Crippen molar-refractivity contribution in [3.63, 3.8) is 0 Å². The SMILES string of the molecule is C=C/C(=C\C(=C/C)OCC(N)OCCOCC(=O)OC(C)C)C(=O)NCCNC(C)C. The Kier molecular flexibility index (Phi) is 16.2. The van der Waals surface area contributed by atoms with E-state index in [0.717, 1.165) is 0 Å². The van der Waals surface area contributed by atoms with E-state index in [-0.39, 0.29) is 38.4 Å². The number of allylic oxidation sites excluding steroid dienone is 2. The summed E-state index contributed by atoms with van der Waals surface area (Å²) >= 11 is 0. The molecule has 0 aromatic heterocycles. The fourth-order valence-corrected chi connectivity index (χ4v) is 2.16. The van der Waals surface area contributed by atoms with Crippen molar-refractivity contribution in [1.82, 2.24) is 10.6 Å². The average Bonchev–Trinajstić information content (AvgIpc) is 2.70. The molecule has 1 unspecified atom stereocenters. The summed E-state index contributed by atoms with van der Waals surface area (Å²) < 4.78 is 21.1. The van der Waals surface area contributed by atoms with Gasteiger partial charge in [0.2, 0.25) is 0 Å². The molecule has 178 valence electrons. The van der Waals surface area contributed by atoms with E-state index < -0.39 is 12.2 Å². The zero-order chi connectivity index (χ0) is 23.6. The van der Waals surface area contributed by atoms with Crippen LogP contribution < -0.4 is 16.4 Å². The summed E-state index contributed by atoms with van der Waals surface area (Å²) in [5.74, 6) is -0.195. The highest BCUT2D eigenvalue weighted by Crippen LogP contribution is 2.07. The van der Waals surface area contributed by atoms with E-state index in [1.54, 1.807) is 32.9 Å². The Labute approximate surface area is 186 Å². The third-order valence-electron chi connectivity index (χ3n) is 3.59. The van der Waals surface area contributed by atoms with E-state index in [4.69, 9.17) is 24.7 Å². The van der Waals surface area contributed by atoms with Crippen molar-refractivity contribution in [2.45, 2.75) is 53.0 Å². The smallest absolute Gasteiger partial charge is 0.332 e. The largest absolute Gasteiger partial charge is 0.490 e. The first-order valence-corrected chi connectivity index (χ1v) is 10.5. The summed E-state index contributed by atoms with van der Waals surface area (Å²) in [5, 5.41) is 6.05. The van der Waals surface area contributed by atoms with Gasteiger partial charge in [-0.2, -0.15) is 0 Å². The van der Waals surface area contributed by atoms with E-state index in [2.05, 4.69) is 17.2 Å². The minimum Gasteiger partial charge on any atom is -0.490 e. The number of hydrogen-bond donors (Lipinski definition) is 3. The number of carbonyl (C=O) groups is 2. The van der Waals surface area contributed by atoms with Gasteiger partial charge in [0, 0.05) is 24.7 Å². The first-order chi connectivity index (χ1) is 14.7. The molecule has 1 amide bonds. The Morgan fingerprint density at radius 2 is 1.84 bits per heavy atom.